The third-order valence-electron chi connectivity index (χ3n) is 3.75. The molecule has 0 atom stereocenters. The van der Waals surface area contributed by atoms with Crippen molar-refractivity contribution < 1.29 is 0 Å². The monoisotopic (exact) mass is 359 g/mol. The number of hydrogen-bond acceptors (Lipinski definition) is 3. The summed E-state index contributed by atoms with van der Waals surface area (Å²) in [6.07, 6.45) is 10.2. The Balaban J connectivity index is 1.87. The Morgan fingerprint density at radius 1 is 1.24 bits per heavy atom. The summed E-state index contributed by atoms with van der Waals surface area (Å²) in [5, 5.41) is 6.73. The molecule has 0 saturated carbocycles. The molecule has 0 radical (unpaired) electrons. The second kappa shape index (κ2) is 11.6. The van der Waals surface area contributed by atoms with E-state index < -0.39 is 0 Å². The summed E-state index contributed by atoms with van der Waals surface area (Å²) in [5.41, 5.74) is 2.48. The van der Waals surface area contributed by atoms with Gasteiger partial charge in [-0.2, -0.15) is 11.8 Å². The maximum Gasteiger partial charge on any atom is 0.191 e. The highest BCUT2D eigenvalue weighted by Crippen LogP contribution is 2.08. The zero-order valence-electron chi connectivity index (χ0n) is 15.2. The molecule has 136 valence electrons. The van der Waals surface area contributed by atoms with E-state index in [1.807, 2.05) is 30.5 Å². The molecular weight excluding hydrogens is 330 g/mol. The van der Waals surface area contributed by atoms with E-state index in [-0.39, 0.29) is 0 Å². The lowest BCUT2D eigenvalue weighted by Gasteiger charge is -2.11. The molecule has 5 nitrogen and oxygen atoms in total. The van der Waals surface area contributed by atoms with Crippen molar-refractivity contribution in [3.63, 3.8) is 0 Å². The van der Waals surface area contributed by atoms with Crippen molar-refractivity contribution in [3.8, 4) is 0 Å². The number of unbranched alkanes of at least 4 members (excludes halogenated alkanes) is 1. The molecule has 0 unspecified atom stereocenters. The first kappa shape index (κ1) is 19.4. The van der Waals surface area contributed by atoms with Crippen LogP contribution in [0.25, 0.3) is 0 Å². The molecular formula is C19H29N5S. The first-order valence-electron chi connectivity index (χ1n) is 8.86. The molecule has 0 aliphatic heterocycles. The first-order chi connectivity index (χ1) is 12.3. The number of imidazole rings is 1. The fraction of sp³-hybridized carbons (Fsp3) is 0.474. The molecule has 2 aromatic rings. The minimum Gasteiger partial charge on any atom is -0.357 e. The number of hydrogen-bond donors (Lipinski definition) is 2. The van der Waals surface area contributed by atoms with Crippen LogP contribution in [0.3, 0.4) is 0 Å². The molecule has 2 rings (SSSR count). The van der Waals surface area contributed by atoms with E-state index in [1.54, 1.807) is 0 Å². The standard InChI is InChI=1S/C19H29N5S/c1-3-21-19(22-9-4-5-12-25-2)23-14-17-7-6-8-18(13-17)15-24-11-10-20-16-24/h6-8,10-11,13,16H,3-5,9,12,14-15H2,1-2H3,(H2,21,22,23). The number of thioether (sulfide) groups is 1. The summed E-state index contributed by atoms with van der Waals surface area (Å²) >= 11 is 1.90. The van der Waals surface area contributed by atoms with Gasteiger partial charge >= 0.3 is 0 Å². The molecule has 1 heterocycles. The molecule has 2 N–H and O–H groups in total. The van der Waals surface area contributed by atoms with Crippen LogP contribution in [-0.2, 0) is 13.1 Å². The molecule has 0 bridgehead atoms. The molecule has 1 aromatic carbocycles. The van der Waals surface area contributed by atoms with Gasteiger partial charge in [-0.05, 0) is 42.9 Å². The van der Waals surface area contributed by atoms with Crippen LogP contribution in [0.5, 0.6) is 0 Å². The fourth-order valence-corrected chi connectivity index (χ4v) is 3.00. The Labute approximate surface area is 155 Å². The van der Waals surface area contributed by atoms with Crippen molar-refractivity contribution in [2.75, 3.05) is 25.1 Å². The van der Waals surface area contributed by atoms with Gasteiger partial charge in [0.1, 0.15) is 0 Å². The van der Waals surface area contributed by atoms with E-state index in [2.05, 4.69) is 57.6 Å². The smallest absolute Gasteiger partial charge is 0.191 e. The van der Waals surface area contributed by atoms with Crippen LogP contribution in [0.1, 0.15) is 30.9 Å². The van der Waals surface area contributed by atoms with Crippen molar-refractivity contribution >= 4 is 17.7 Å². The zero-order chi connectivity index (χ0) is 17.7. The minimum atomic E-state index is 0.678. The highest BCUT2D eigenvalue weighted by molar-refractivity contribution is 7.98. The first-order valence-corrected chi connectivity index (χ1v) is 10.3. The van der Waals surface area contributed by atoms with Crippen molar-refractivity contribution in [3.05, 3.63) is 54.1 Å². The van der Waals surface area contributed by atoms with E-state index in [0.717, 1.165) is 25.6 Å². The molecule has 1 aromatic heterocycles. The lowest BCUT2D eigenvalue weighted by atomic mass is 10.1. The number of guanidine groups is 1. The van der Waals surface area contributed by atoms with Gasteiger partial charge in [0, 0.05) is 32.0 Å². The van der Waals surface area contributed by atoms with Crippen LogP contribution in [-0.4, -0.2) is 40.6 Å². The second-order valence-corrected chi connectivity index (χ2v) is 6.86. The molecule has 0 fully saturated rings. The number of nitrogens with zero attached hydrogens (tertiary/aromatic N) is 3. The van der Waals surface area contributed by atoms with Gasteiger partial charge in [-0.15, -0.1) is 0 Å². The van der Waals surface area contributed by atoms with Crippen molar-refractivity contribution in [1.29, 1.82) is 0 Å². The number of nitrogens with one attached hydrogen (secondary N) is 2. The maximum atomic E-state index is 4.71. The predicted molar refractivity (Wildman–Crippen MR) is 108 cm³/mol. The molecule has 0 spiro atoms. The predicted octanol–water partition coefficient (Wildman–Crippen LogP) is 3.13. The number of aliphatic imine (C=N–C) groups is 1. The van der Waals surface area contributed by atoms with Crippen LogP contribution >= 0.6 is 11.8 Å². The summed E-state index contributed by atoms with van der Waals surface area (Å²) in [5.74, 6) is 2.12. The van der Waals surface area contributed by atoms with Crippen LogP contribution in [0.2, 0.25) is 0 Å². The Kier molecular flexibility index (Phi) is 8.97. The average Bonchev–Trinajstić information content (AvgIpc) is 3.13. The van der Waals surface area contributed by atoms with Crippen LogP contribution in [0.15, 0.2) is 48.0 Å². The van der Waals surface area contributed by atoms with Crippen LogP contribution in [0, 0.1) is 0 Å². The van der Waals surface area contributed by atoms with Gasteiger partial charge in [0.15, 0.2) is 5.96 Å². The van der Waals surface area contributed by atoms with Gasteiger partial charge < -0.3 is 15.2 Å². The van der Waals surface area contributed by atoms with E-state index in [1.165, 1.54) is 29.7 Å². The highest BCUT2D eigenvalue weighted by atomic mass is 32.2. The molecule has 25 heavy (non-hydrogen) atoms. The van der Waals surface area contributed by atoms with Gasteiger partial charge in [-0.1, -0.05) is 24.3 Å². The van der Waals surface area contributed by atoms with Crippen LogP contribution in [0.4, 0.5) is 0 Å². The second-order valence-electron chi connectivity index (χ2n) is 5.88. The van der Waals surface area contributed by atoms with E-state index in [0.29, 0.717) is 6.54 Å². The Morgan fingerprint density at radius 3 is 2.88 bits per heavy atom. The summed E-state index contributed by atoms with van der Waals surface area (Å²) < 4.78 is 2.07. The summed E-state index contributed by atoms with van der Waals surface area (Å²) in [7, 11) is 0. The number of rotatable bonds is 10. The SMILES string of the molecule is CCNC(=NCc1cccc(Cn2ccnc2)c1)NCCCCSC. The number of aromatic nitrogens is 2. The third kappa shape index (κ3) is 7.65. The summed E-state index contributed by atoms with van der Waals surface area (Å²) in [6.45, 7) is 5.45. The van der Waals surface area contributed by atoms with Gasteiger partial charge in [0.25, 0.3) is 0 Å². The Morgan fingerprint density at radius 2 is 2.12 bits per heavy atom. The topological polar surface area (TPSA) is 54.2 Å². The lowest BCUT2D eigenvalue weighted by molar-refractivity contribution is 0.734. The van der Waals surface area contributed by atoms with E-state index >= 15 is 0 Å². The third-order valence-corrected chi connectivity index (χ3v) is 4.44. The molecule has 0 aliphatic rings. The van der Waals surface area contributed by atoms with Crippen molar-refractivity contribution in [2.24, 2.45) is 4.99 Å². The molecule has 0 aliphatic carbocycles. The highest BCUT2D eigenvalue weighted by Gasteiger charge is 2.00. The number of benzene rings is 1. The van der Waals surface area contributed by atoms with Gasteiger partial charge in [-0.3, -0.25) is 0 Å². The normalized spacial score (nSPS) is 11.5. The Hall–Kier alpha value is -1.95. The van der Waals surface area contributed by atoms with Crippen LogP contribution < -0.4 is 10.6 Å². The summed E-state index contributed by atoms with van der Waals surface area (Å²) in [4.78, 5) is 8.80. The van der Waals surface area contributed by atoms with E-state index in [9.17, 15) is 0 Å². The largest absolute Gasteiger partial charge is 0.357 e. The molecule has 0 saturated heterocycles. The quantitative estimate of drug-likeness (QED) is 0.389. The Bertz CT molecular complexity index is 625. The maximum absolute atomic E-state index is 4.71. The van der Waals surface area contributed by atoms with Crippen molar-refractivity contribution in [2.45, 2.75) is 32.9 Å². The fourth-order valence-electron chi connectivity index (χ4n) is 2.51. The van der Waals surface area contributed by atoms with Gasteiger partial charge in [0.2, 0.25) is 0 Å². The summed E-state index contributed by atoms with van der Waals surface area (Å²) in [6, 6.07) is 8.58. The molecule has 6 heteroatoms. The lowest BCUT2D eigenvalue weighted by Crippen LogP contribution is -2.37. The molecule has 0 amide bonds. The average molecular weight is 360 g/mol. The van der Waals surface area contributed by atoms with Crippen molar-refractivity contribution in [1.82, 2.24) is 20.2 Å². The van der Waals surface area contributed by atoms with Gasteiger partial charge in [-0.25, -0.2) is 9.98 Å². The van der Waals surface area contributed by atoms with E-state index in [4.69, 9.17) is 4.99 Å². The minimum absolute atomic E-state index is 0.678. The van der Waals surface area contributed by atoms with Gasteiger partial charge in [0.05, 0.1) is 12.9 Å². The zero-order valence-corrected chi connectivity index (χ0v) is 16.1.